The molecule has 1 N–H and O–H groups in total. The number of rotatable bonds is 5. The van der Waals surface area contributed by atoms with Crippen LogP contribution in [0.3, 0.4) is 0 Å². The molecule has 8 heteroatoms. The second-order valence-corrected chi connectivity index (χ2v) is 7.42. The molecule has 1 unspecified atom stereocenters. The normalized spacial score (nSPS) is 20.2. The van der Waals surface area contributed by atoms with Crippen molar-refractivity contribution in [3.05, 3.63) is 18.1 Å². The van der Waals surface area contributed by atoms with E-state index in [4.69, 9.17) is 0 Å². The average Bonchev–Trinajstić information content (AvgIpc) is 2.84. The van der Waals surface area contributed by atoms with Crippen LogP contribution in [-0.4, -0.2) is 60.3 Å². The lowest BCUT2D eigenvalue weighted by Gasteiger charge is -2.22. The molecule has 1 aromatic rings. The minimum Gasteiger partial charge on any atom is -0.369 e. The van der Waals surface area contributed by atoms with E-state index in [-0.39, 0.29) is 29.1 Å². The Bertz CT molecular complexity index is 600. The van der Waals surface area contributed by atoms with Crippen molar-refractivity contribution in [3.8, 4) is 0 Å². The summed E-state index contributed by atoms with van der Waals surface area (Å²) >= 11 is 0. The lowest BCUT2D eigenvalue weighted by Crippen LogP contribution is -2.38. The van der Waals surface area contributed by atoms with Crippen molar-refractivity contribution in [1.29, 1.82) is 0 Å². The number of anilines is 1. The quantitative estimate of drug-likeness (QED) is 0.854. The third kappa shape index (κ3) is 3.90. The fourth-order valence-corrected chi connectivity index (χ4v) is 3.98. The van der Waals surface area contributed by atoms with E-state index in [1.165, 1.54) is 17.3 Å². The Hall–Kier alpha value is -1.70. The Morgan fingerprint density at radius 1 is 1.43 bits per heavy atom. The second-order valence-electron chi connectivity index (χ2n) is 5.19. The van der Waals surface area contributed by atoms with E-state index in [2.05, 4.69) is 15.3 Å². The van der Waals surface area contributed by atoms with E-state index in [0.29, 0.717) is 12.2 Å². The van der Waals surface area contributed by atoms with Crippen LogP contribution in [0.2, 0.25) is 0 Å². The van der Waals surface area contributed by atoms with Gasteiger partial charge in [-0.15, -0.1) is 0 Å². The molecule has 1 aliphatic heterocycles. The van der Waals surface area contributed by atoms with E-state index in [0.717, 1.165) is 13.0 Å². The highest BCUT2D eigenvalue weighted by atomic mass is 32.2. The maximum Gasteiger partial charge on any atom is 0.274 e. The molecule has 21 heavy (non-hydrogen) atoms. The smallest absolute Gasteiger partial charge is 0.274 e. The fraction of sp³-hybridized carbons (Fsp3) is 0.615. The molecular weight excluding hydrogens is 292 g/mol. The predicted octanol–water partition coefficient (Wildman–Crippen LogP) is 0.558. The monoisotopic (exact) mass is 312 g/mol. The first-order valence-corrected chi connectivity index (χ1v) is 8.78. The zero-order valence-corrected chi connectivity index (χ0v) is 13.1. The Morgan fingerprint density at radius 3 is 2.71 bits per heavy atom. The standard InChI is InChI=1S/C13H20N4O3S/c1-3-5-14-12-8-15-11(7-16-12)13(18)17(2)10-4-6-21(19,20)9-10/h7-8,10H,3-6,9H2,1-2H3,(H,14,16). The number of carbonyl (C=O) groups is 1. The molecule has 1 fully saturated rings. The van der Waals surface area contributed by atoms with Gasteiger partial charge in [-0.25, -0.2) is 18.4 Å². The summed E-state index contributed by atoms with van der Waals surface area (Å²) in [6.45, 7) is 2.84. The topological polar surface area (TPSA) is 92.3 Å². The molecule has 0 spiro atoms. The highest BCUT2D eigenvalue weighted by molar-refractivity contribution is 7.91. The van der Waals surface area contributed by atoms with Crippen LogP contribution >= 0.6 is 0 Å². The number of nitrogens with one attached hydrogen (secondary N) is 1. The number of carbonyl (C=O) groups excluding carboxylic acids is 1. The van der Waals surface area contributed by atoms with Gasteiger partial charge in [-0.05, 0) is 12.8 Å². The second kappa shape index (κ2) is 6.38. The molecule has 1 aliphatic rings. The first-order valence-electron chi connectivity index (χ1n) is 6.96. The van der Waals surface area contributed by atoms with Crippen LogP contribution in [0.25, 0.3) is 0 Å². The summed E-state index contributed by atoms with van der Waals surface area (Å²) in [5.74, 6) is 0.491. The van der Waals surface area contributed by atoms with E-state index in [1.54, 1.807) is 7.05 Å². The molecule has 0 bridgehead atoms. The van der Waals surface area contributed by atoms with Gasteiger partial charge in [-0.2, -0.15) is 0 Å². The molecule has 0 radical (unpaired) electrons. The summed E-state index contributed by atoms with van der Waals surface area (Å²) in [6, 6.07) is -0.276. The molecule has 7 nitrogen and oxygen atoms in total. The molecule has 0 saturated carbocycles. The number of nitrogens with zero attached hydrogens (tertiary/aromatic N) is 3. The minimum atomic E-state index is -3.01. The third-order valence-corrected chi connectivity index (χ3v) is 5.25. The van der Waals surface area contributed by atoms with Crippen molar-refractivity contribution in [3.63, 3.8) is 0 Å². The first kappa shape index (κ1) is 15.7. The zero-order chi connectivity index (χ0) is 15.5. The summed E-state index contributed by atoms with van der Waals surface area (Å²) < 4.78 is 23.0. The number of hydrogen-bond donors (Lipinski definition) is 1. The highest BCUT2D eigenvalue weighted by Crippen LogP contribution is 2.18. The summed E-state index contributed by atoms with van der Waals surface area (Å²) in [5.41, 5.74) is 0.226. The molecule has 1 saturated heterocycles. The largest absolute Gasteiger partial charge is 0.369 e. The number of aromatic nitrogens is 2. The Balaban J connectivity index is 2.02. The van der Waals surface area contributed by atoms with Gasteiger partial charge in [0.2, 0.25) is 0 Å². The van der Waals surface area contributed by atoms with E-state index < -0.39 is 9.84 Å². The summed E-state index contributed by atoms with van der Waals surface area (Å²) in [5, 5.41) is 3.08. The van der Waals surface area contributed by atoms with Gasteiger partial charge in [0.1, 0.15) is 11.5 Å². The Labute approximate surface area is 124 Å². The Kier molecular flexibility index (Phi) is 4.76. The van der Waals surface area contributed by atoms with Gasteiger partial charge in [-0.3, -0.25) is 4.79 Å². The van der Waals surface area contributed by atoms with Crippen LogP contribution < -0.4 is 5.32 Å². The van der Waals surface area contributed by atoms with Crippen LogP contribution in [-0.2, 0) is 9.84 Å². The van der Waals surface area contributed by atoms with Crippen molar-refractivity contribution in [1.82, 2.24) is 14.9 Å². The van der Waals surface area contributed by atoms with E-state index in [1.807, 2.05) is 6.92 Å². The summed E-state index contributed by atoms with van der Waals surface area (Å²) in [6.07, 6.45) is 4.39. The Morgan fingerprint density at radius 2 is 2.19 bits per heavy atom. The number of sulfone groups is 1. The molecule has 1 aromatic heterocycles. The molecule has 2 heterocycles. The van der Waals surface area contributed by atoms with Crippen molar-refractivity contribution in [2.24, 2.45) is 0 Å². The molecule has 116 valence electrons. The molecule has 2 rings (SSSR count). The molecule has 1 amide bonds. The zero-order valence-electron chi connectivity index (χ0n) is 12.2. The fourth-order valence-electron chi connectivity index (χ4n) is 2.21. The maximum absolute atomic E-state index is 12.3. The van der Waals surface area contributed by atoms with E-state index in [9.17, 15) is 13.2 Å². The summed E-state index contributed by atoms with van der Waals surface area (Å²) in [7, 11) is -1.40. The minimum absolute atomic E-state index is 0.0266. The number of amides is 1. The van der Waals surface area contributed by atoms with E-state index >= 15 is 0 Å². The van der Waals surface area contributed by atoms with Crippen LogP contribution in [0.4, 0.5) is 5.82 Å². The van der Waals surface area contributed by atoms with Gasteiger partial charge in [-0.1, -0.05) is 6.92 Å². The molecule has 0 aromatic carbocycles. The lowest BCUT2D eigenvalue weighted by atomic mass is 10.2. The van der Waals surface area contributed by atoms with Crippen LogP contribution in [0.15, 0.2) is 12.4 Å². The SMILES string of the molecule is CCCNc1cnc(C(=O)N(C)C2CCS(=O)(=O)C2)cn1. The van der Waals surface area contributed by atoms with Crippen molar-refractivity contribution in [2.75, 3.05) is 30.4 Å². The van der Waals surface area contributed by atoms with Crippen molar-refractivity contribution in [2.45, 2.75) is 25.8 Å². The van der Waals surface area contributed by atoms with Crippen molar-refractivity contribution < 1.29 is 13.2 Å². The van der Waals surface area contributed by atoms with Gasteiger partial charge >= 0.3 is 0 Å². The molecule has 0 aliphatic carbocycles. The van der Waals surface area contributed by atoms with Gasteiger partial charge in [0.15, 0.2) is 9.84 Å². The summed E-state index contributed by atoms with van der Waals surface area (Å²) in [4.78, 5) is 22.0. The molecule has 1 atom stereocenters. The first-order chi connectivity index (χ1) is 9.93. The van der Waals surface area contributed by atoms with Crippen LogP contribution in [0, 0.1) is 0 Å². The van der Waals surface area contributed by atoms with Gasteiger partial charge in [0.25, 0.3) is 5.91 Å². The average molecular weight is 312 g/mol. The van der Waals surface area contributed by atoms with Crippen LogP contribution in [0.1, 0.15) is 30.3 Å². The van der Waals surface area contributed by atoms with Crippen LogP contribution in [0.5, 0.6) is 0 Å². The maximum atomic E-state index is 12.3. The van der Waals surface area contributed by atoms with Crippen molar-refractivity contribution >= 4 is 21.6 Å². The van der Waals surface area contributed by atoms with Gasteiger partial charge in [0.05, 0.1) is 23.9 Å². The van der Waals surface area contributed by atoms with Gasteiger partial charge in [0, 0.05) is 19.6 Å². The number of hydrogen-bond acceptors (Lipinski definition) is 6. The predicted molar refractivity (Wildman–Crippen MR) is 80.0 cm³/mol. The lowest BCUT2D eigenvalue weighted by molar-refractivity contribution is 0.0741. The van der Waals surface area contributed by atoms with Gasteiger partial charge < -0.3 is 10.2 Å². The highest BCUT2D eigenvalue weighted by Gasteiger charge is 2.33. The third-order valence-electron chi connectivity index (χ3n) is 3.50. The molecular formula is C13H20N4O3S.